The normalized spacial score (nSPS) is 17.3. The molecule has 1 saturated carbocycles. The summed E-state index contributed by atoms with van der Waals surface area (Å²) in [5.74, 6) is -0.957. The highest BCUT2D eigenvalue weighted by Gasteiger charge is 2.26. The highest BCUT2D eigenvalue weighted by Crippen LogP contribution is 2.21. The quantitative estimate of drug-likeness (QED) is 0.767. The van der Waals surface area contributed by atoms with Crippen LogP contribution in [0, 0.1) is 0 Å². The van der Waals surface area contributed by atoms with E-state index >= 15 is 0 Å². The van der Waals surface area contributed by atoms with E-state index in [-0.39, 0.29) is 12.6 Å². The number of rotatable bonds is 4. The number of ether oxygens (including phenoxy) is 1. The fourth-order valence-corrected chi connectivity index (χ4v) is 2.22. The maximum atomic E-state index is 11.7. The van der Waals surface area contributed by atoms with Crippen molar-refractivity contribution in [1.82, 2.24) is 10.4 Å². The fraction of sp³-hybridized carbons (Fsp3) is 0.846. The second kappa shape index (κ2) is 6.75. The summed E-state index contributed by atoms with van der Waals surface area (Å²) in [4.78, 5) is 22.6. The Kier molecular flexibility index (Phi) is 5.60. The van der Waals surface area contributed by atoms with Gasteiger partial charge in [-0.15, -0.1) is 0 Å². The Morgan fingerprint density at radius 2 is 1.84 bits per heavy atom. The van der Waals surface area contributed by atoms with Crippen molar-refractivity contribution in [2.45, 2.75) is 64.5 Å². The number of hydrazine groups is 1. The standard InChI is InChI=1S/C13H24N2O4/c1-13(2,3)19-12(18)14-15(9-11(16)17)10-7-5-4-6-8-10/h10H,4-9H2,1-3H3,(H,14,18)(H,16,17). The van der Waals surface area contributed by atoms with Crippen LogP contribution in [-0.2, 0) is 9.53 Å². The van der Waals surface area contributed by atoms with E-state index < -0.39 is 17.7 Å². The molecule has 0 bridgehead atoms. The van der Waals surface area contributed by atoms with E-state index in [4.69, 9.17) is 9.84 Å². The van der Waals surface area contributed by atoms with Crippen LogP contribution in [0.25, 0.3) is 0 Å². The average Bonchev–Trinajstić information content (AvgIpc) is 2.26. The number of carboxylic acid groups (broad SMARTS) is 1. The van der Waals surface area contributed by atoms with E-state index in [9.17, 15) is 9.59 Å². The first-order chi connectivity index (χ1) is 8.78. The summed E-state index contributed by atoms with van der Waals surface area (Å²) >= 11 is 0. The predicted octanol–water partition coefficient (Wildman–Crippen LogP) is 2.15. The van der Waals surface area contributed by atoms with Crippen LogP contribution >= 0.6 is 0 Å². The third-order valence-corrected chi connectivity index (χ3v) is 2.95. The topological polar surface area (TPSA) is 78.9 Å². The number of carbonyl (C=O) groups excluding carboxylic acids is 1. The molecule has 0 aliphatic heterocycles. The summed E-state index contributed by atoms with van der Waals surface area (Å²) in [5.41, 5.74) is 1.97. The molecule has 0 aromatic heterocycles. The van der Waals surface area contributed by atoms with Crippen molar-refractivity contribution in [1.29, 1.82) is 0 Å². The van der Waals surface area contributed by atoms with Crippen molar-refractivity contribution in [3.05, 3.63) is 0 Å². The minimum atomic E-state index is -0.957. The van der Waals surface area contributed by atoms with Gasteiger partial charge in [0, 0.05) is 6.04 Å². The molecule has 1 aliphatic rings. The van der Waals surface area contributed by atoms with Gasteiger partial charge in [0.2, 0.25) is 0 Å². The largest absolute Gasteiger partial charge is 0.480 e. The Morgan fingerprint density at radius 3 is 2.32 bits per heavy atom. The molecule has 6 nitrogen and oxygen atoms in total. The minimum absolute atomic E-state index is 0.0809. The van der Waals surface area contributed by atoms with E-state index in [1.807, 2.05) is 0 Å². The number of nitrogens with zero attached hydrogens (tertiary/aromatic N) is 1. The zero-order valence-corrected chi connectivity index (χ0v) is 11.9. The van der Waals surface area contributed by atoms with Crippen LogP contribution in [0.5, 0.6) is 0 Å². The van der Waals surface area contributed by atoms with Gasteiger partial charge in [-0.25, -0.2) is 9.80 Å². The number of hydrogen-bond donors (Lipinski definition) is 2. The van der Waals surface area contributed by atoms with Crippen LogP contribution in [0.3, 0.4) is 0 Å². The Bertz CT molecular complexity index is 319. The lowest BCUT2D eigenvalue weighted by atomic mass is 9.95. The molecule has 0 heterocycles. The highest BCUT2D eigenvalue weighted by atomic mass is 16.6. The lowest BCUT2D eigenvalue weighted by Gasteiger charge is -2.33. The molecule has 1 fully saturated rings. The maximum absolute atomic E-state index is 11.7. The second-order valence-electron chi connectivity index (χ2n) is 5.93. The van der Waals surface area contributed by atoms with Gasteiger partial charge in [-0.2, -0.15) is 0 Å². The van der Waals surface area contributed by atoms with Crippen molar-refractivity contribution < 1.29 is 19.4 Å². The molecule has 1 rings (SSSR count). The van der Waals surface area contributed by atoms with Gasteiger partial charge in [-0.3, -0.25) is 10.2 Å². The van der Waals surface area contributed by atoms with E-state index in [0.717, 1.165) is 25.7 Å². The molecule has 0 aromatic rings. The molecule has 0 unspecified atom stereocenters. The molecule has 2 N–H and O–H groups in total. The lowest BCUT2D eigenvalue weighted by Crippen LogP contribution is -2.52. The minimum Gasteiger partial charge on any atom is -0.480 e. The van der Waals surface area contributed by atoms with Gasteiger partial charge >= 0.3 is 12.1 Å². The first-order valence-electron chi connectivity index (χ1n) is 6.76. The number of hydrogen-bond acceptors (Lipinski definition) is 4. The number of amides is 1. The van der Waals surface area contributed by atoms with E-state index in [2.05, 4.69) is 5.43 Å². The van der Waals surface area contributed by atoms with Crippen molar-refractivity contribution in [2.75, 3.05) is 6.54 Å². The summed E-state index contributed by atoms with van der Waals surface area (Å²) in [6.07, 6.45) is 4.52. The van der Waals surface area contributed by atoms with Crippen molar-refractivity contribution >= 4 is 12.1 Å². The Balaban J connectivity index is 2.58. The highest BCUT2D eigenvalue weighted by molar-refractivity contribution is 5.71. The van der Waals surface area contributed by atoms with Gasteiger partial charge in [-0.05, 0) is 33.6 Å². The number of carboxylic acids is 1. The van der Waals surface area contributed by atoms with E-state index in [1.54, 1.807) is 20.8 Å². The molecule has 0 spiro atoms. The van der Waals surface area contributed by atoms with Gasteiger partial charge in [0.25, 0.3) is 0 Å². The molecule has 19 heavy (non-hydrogen) atoms. The van der Waals surface area contributed by atoms with Crippen LogP contribution in [-0.4, -0.2) is 40.4 Å². The van der Waals surface area contributed by atoms with Gasteiger partial charge in [0.1, 0.15) is 12.1 Å². The van der Waals surface area contributed by atoms with E-state index in [1.165, 1.54) is 11.4 Å². The third-order valence-electron chi connectivity index (χ3n) is 2.95. The summed E-state index contributed by atoms with van der Waals surface area (Å²) in [5, 5.41) is 10.4. The smallest absolute Gasteiger partial charge is 0.422 e. The maximum Gasteiger partial charge on any atom is 0.422 e. The lowest BCUT2D eigenvalue weighted by molar-refractivity contribution is -0.140. The van der Waals surface area contributed by atoms with Crippen LogP contribution in [0.2, 0.25) is 0 Å². The Labute approximate surface area is 114 Å². The fourth-order valence-electron chi connectivity index (χ4n) is 2.22. The molecule has 6 heteroatoms. The molecule has 1 aliphatic carbocycles. The van der Waals surface area contributed by atoms with Crippen LogP contribution in [0.4, 0.5) is 4.79 Å². The van der Waals surface area contributed by atoms with Crippen LogP contribution < -0.4 is 5.43 Å². The third kappa shape index (κ3) is 6.42. The summed E-state index contributed by atoms with van der Waals surface area (Å²) in [6.45, 7) is 5.11. The molecule has 0 radical (unpaired) electrons. The van der Waals surface area contributed by atoms with Crippen molar-refractivity contribution in [2.24, 2.45) is 0 Å². The molecular formula is C13H24N2O4. The van der Waals surface area contributed by atoms with Gasteiger partial charge < -0.3 is 9.84 Å². The summed E-state index contributed by atoms with van der Waals surface area (Å²) in [7, 11) is 0. The molecular weight excluding hydrogens is 248 g/mol. The first kappa shape index (κ1) is 15.8. The first-order valence-corrected chi connectivity index (χ1v) is 6.76. The van der Waals surface area contributed by atoms with Crippen molar-refractivity contribution in [3.8, 4) is 0 Å². The molecule has 0 saturated heterocycles. The Morgan fingerprint density at radius 1 is 1.26 bits per heavy atom. The average molecular weight is 272 g/mol. The molecule has 110 valence electrons. The Hall–Kier alpha value is -1.30. The number of aliphatic carboxylic acids is 1. The van der Waals surface area contributed by atoms with Crippen molar-refractivity contribution in [3.63, 3.8) is 0 Å². The van der Waals surface area contributed by atoms with Crippen LogP contribution in [0.1, 0.15) is 52.9 Å². The zero-order valence-electron chi connectivity index (χ0n) is 11.9. The number of nitrogens with one attached hydrogen (secondary N) is 1. The summed E-state index contributed by atoms with van der Waals surface area (Å²) in [6, 6.07) is 0.0809. The molecule has 0 atom stereocenters. The summed E-state index contributed by atoms with van der Waals surface area (Å²) < 4.78 is 5.16. The second-order valence-corrected chi connectivity index (χ2v) is 5.93. The molecule has 1 amide bonds. The zero-order chi connectivity index (χ0) is 14.5. The SMILES string of the molecule is CC(C)(C)OC(=O)NN(CC(=O)O)C1CCCCC1. The van der Waals surface area contributed by atoms with Gasteiger partial charge in [0.05, 0.1) is 0 Å². The van der Waals surface area contributed by atoms with Gasteiger partial charge in [-0.1, -0.05) is 19.3 Å². The van der Waals surface area contributed by atoms with E-state index in [0.29, 0.717) is 0 Å². The van der Waals surface area contributed by atoms with Gasteiger partial charge in [0.15, 0.2) is 0 Å². The van der Waals surface area contributed by atoms with Crippen LogP contribution in [0.15, 0.2) is 0 Å². The monoisotopic (exact) mass is 272 g/mol. The predicted molar refractivity (Wildman–Crippen MR) is 70.6 cm³/mol. The molecule has 0 aromatic carbocycles. The number of carbonyl (C=O) groups is 2.